The van der Waals surface area contributed by atoms with Crippen LogP contribution in [-0.4, -0.2) is 10.2 Å². The second-order valence-corrected chi connectivity index (χ2v) is 4.43. The number of halogens is 1. The molecule has 2 heterocycles. The molecule has 3 nitrogen and oxygen atoms in total. The van der Waals surface area contributed by atoms with Gasteiger partial charge in [0.2, 0.25) is 11.8 Å². The molecule has 0 saturated heterocycles. The van der Waals surface area contributed by atoms with Crippen molar-refractivity contribution in [3.05, 3.63) is 22.2 Å². The molecular weight excluding hydrogens is 220 g/mol. The normalized spacial score (nSPS) is 13.1. The van der Waals surface area contributed by atoms with Crippen molar-refractivity contribution in [1.82, 2.24) is 10.2 Å². The highest BCUT2D eigenvalue weighted by atomic mass is 35.5. The van der Waals surface area contributed by atoms with Crippen LogP contribution in [0, 0.1) is 6.92 Å². The van der Waals surface area contributed by atoms with Gasteiger partial charge < -0.3 is 4.42 Å². The highest BCUT2D eigenvalue weighted by molar-refractivity contribution is 7.08. The van der Waals surface area contributed by atoms with Gasteiger partial charge in [-0.05, 0) is 24.8 Å². The van der Waals surface area contributed by atoms with Crippen molar-refractivity contribution in [2.75, 3.05) is 0 Å². The van der Waals surface area contributed by atoms with Crippen molar-refractivity contribution in [3.8, 4) is 11.5 Å². The van der Waals surface area contributed by atoms with Crippen LogP contribution < -0.4 is 0 Å². The minimum absolute atomic E-state index is 0.241. The van der Waals surface area contributed by atoms with Crippen LogP contribution in [0.1, 0.15) is 23.8 Å². The van der Waals surface area contributed by atoms with Crippen LogP contribution in [0.5, 0.6) is 0 Å². The van der Waals surface area contributed by atoms with Crippen molar-refractivity contribution < 1.29 is 4.42 Å². The molecule has 0 amide bonds. The van der Waals surface area contributed by atoms with Crippen molar-refractivity contribution >= 4 is 22.9 Å². The fraction of sp³-hybridized carbons (Fsp3) is 0.333. The third-order valence-electron chi connectivity index (χ3n) is 1.87. The Kier molecular flexibility index (Phi) is 2.56. The molecule has 0 N–H and O–H groups in total. The number of alkyl halides is 1. The number of hydrogen-bond donors (Lipinski definition) is 0. The van der Waals surface area contributed by atoms with Crippen molar-refractivity contribution in [2.24, 2.45) is 0 Å². The van der Waals surface area contributed by atoms with E-state index in [0.29, 0.717) is 11.8 Å². The van der Waals surface area contributed by atoms with Gasteiger partial charge in [0, 0.05) is 5.38 Å². The SMILES string of the molecule is Cc1cscc1-c1nnc(C(C)Cl)o1. The van der Waals surface area contributed by atoms with E-state index < -0.39 is 0 Å². The highest BCUT2D eigenvalue weighted by Gasteiger charge is 2.14. The first-order valence-corrected chi connectivity index (χ1v) is 5.57. The second kappa shape index (κ2) is 3.71. The number of thiophene rings is 1. The van der Waals surface area contributed by atoms with Crippen LogP contribution in [0.25, 0.3) is 11.5 Å². The molecule has 74 valence electrons. The van der Waals surface area contributed by atoms with Gasteiger partial charge in [-0.25, -0.2) is 0 Å². The summed E-state index contributed by atoms with van der Waals surface area (Å²) in [4.78, 5) is 0. The molecule has 14 heavy (non-hydrogen) atoms. The molecule has 1 unspecified atom stereocenters. The van der Waals surface area contributed by atoms with Crippen LogP contribution >= 0.6 is 22.9 Å². The van der Waals surface area contributed by atoms with Crippen LogP contribution in [-0.2, 0) is 0 Å². The Morgan fingerprint density at radius 3 is 2.71 bits per heavy atom. The number of rotatable bonds is 2. The molecule has 0 saturated carbocycles. The number of aromatic nitrogens is 2. The van der Waals surface area contributed by atoms with Gasteiger partial charge in [0.15, 0.2) is 0 Å². The predicted molar refractivity (Wildman–Crippen MR) is 56.6 cm³/mol. The van der Waals surface area contributed by atoms with Crippen molar-refractivity contribution in [2.45, 2.75) is 19.2 Å². The summed E-state index contributed by atoms with van der Waals surface area (Å²) in [5.74, 6) is 1.01. The van der Waals surface area contributed by atoms with Crippen LogP contribution in [0.2, 0.25) is 0 Å². The highest BCUT2D eigenvalue weighted by Crippen LogP contribution is 2.27. The molecule has 0 bridgehead atoms. The monoisotopic (exact) mass is 228 g/mol. The lowest BCUT2D eigenvalue weighted by atomic mass is 10.2. The molecule has 0 spiro atoms. The quantitative estimate of drug-likeness (QED) is 0.740. The van der Waals surface area contributed by atoms with Gasteiger partial charge in [0.25, 0.3) is 0 Å². The average molecular weight is 229 g/mol. The first-order valence-electron chi connectivity index (χ1n) is 4.19. The zero-order valence-corrected chi connectivity index (χ0v) is 9.39. The Morgan fingerprint density at radius 2 is 2.21 bits per heavy atom. The standard InChI is InChI=1S/C9H9ClN2OS/c1-5-3-14-4-7(5)9-12-11-8(13-9)6(2)10/h3-4,6H,1-2H3. The maximum Gasteiger partial charge on any atom is 0.248 e. The molecule has 5 heteroatoms. The molecule has 1 atom stereocenters. The lowest BCUT2D eigenvalue weighted by molar-refractivity contribution is 0.507. The van der Waals surface area contributed by atoms with E-state index in [4.69, 9.17) is 16.0 Å². The third-order valence-corrected chi connectivity index (χ3v) is 2.91. The van der Waals surface area contributed by atoms with Gasteiger partial charge in [-0.3, -0.25) is 0 Å². The minimum Gasteiger partial charge on any atom is -0.419 e. The summed E-state index contributed by atoms with van der Waals surface area (Å²) in [6.45, 7) is 3.82. The van der Waals surface area contributed by atoms with E-state index >= 15 is 0 Å². The number of hydrogen-bond acceptors (Lipinski definition) is 4. The van der Waals surface area contributed by atoms with Crippen molar-refractivity contribution in [1.29, 1.82) is 0 Å². The van der Waals surface area contributed by atoms with Gasteiger partial charge >= 0.3 is 0 Å². The zero-order chi connectivity index (χ0) is 10.1. The van der Waals surface area contributed by atoms with Crippen LogP contribution in [0.4, 0.5) is 0 Å². The van der Waals surface area contributed by atoms with Gasteiger partial charge in [-0.1, -0.05) is 0 Å². The molecule has 0 aliphatic heterocycles. The first kappa shape index (κ1) is 9.68. The number of nitrogens with zero attached hydrogens (tertiary/aromatic N) is 2. The molecule has 0 aromatic carbocycles. The second-order valence-electron chi connectivity index (χ2n) is 3.03. The molecule has 0 aliphatic carbocycles. The molecule has 2 rings (SSSR count). The zero-order valence-electron chi connectivity index (χ0n) is 7.82. The van der Waals surface area contributed by atoms with Crippen LogP contribution in [0.15, 0.2) is 15.2 Å². The molecule has 2 aromatic rings. The molecular formula is C9H9ClN2OS. The summed E-state index contributed by atoms with van der Waals surface area (Å²) in [5.41, 5.74) is 2.14. The third kappa shape index (κ3) is 1.67. The topological polar surface area (TPSA) is 38.9 Å². The molecule has 0 radical (unpaired) electrons. The van der Waals surface area contributed by atoms with E-state index in [-0.39, 0.29) is 5.38 Å². The van der Waals surface area contributed by atoms with Gasteiger partial charge in [0.05, 0.1) is 5.56 Å². The van der Waals surface area contributed by atoms with Gasteiger partial charge in [-0.15, -0.1) is 21.8 Å². The van der Waals surface area contributed by atoms with E-state index in [1.54, 1.807) is 18.3 Å². The van der Waals surface area contributed by atoms with Crippen LogP contribution in [0.3, 0.4) is 0 Å². The first-order chi connectivity index (χ1) is 6.68. The van der Waals surface area contributed by atoms with E-state index in [1.165, 1.54) is 0 Å². The summed E-state index contributed by atoms with van der Waals surface area (Å²) in [6.07, 6.45) is 0. The van der Waals surface area contributed by atoms with E-state index in [1.807, 2.05) is 17.7 Å². The fourth-order valence-electron chi connectivity index (χ4n) is 1.08. The Balaban J connectivity index is 2.39. The predicted octanol–water partition coefficient (Wildman–Crippen LogP) is 3.41. The Labute approximate surface area is 90.7 Å². The Hall–Kier alpha value is -0.870. The largest absolute Gasteiger partial charge is 0.419 e. The van der Waals surface area contributed by atoms with E-state index in [2.05, 4.69) is 10.2 Å². The van der Waals surface area contributed by atoms with Gasteiger partial charge in [0.1, 0.15) is 5.38 Å². The van der Waals surface area contributed by atoms with Crippen molar-refractivity contribution in [3.63, 3.8) is 0 Å². The number of aryl methyl sites for hydroxylation is 1. The molecule has 0 aliphatic rings. The maximum absolute atomic E-state index is 5.82. The minimum atomic E-state index is -0.241. The smallest absolute Gasteiger partial charge is 0.248 e. The lowest BCUT2D eigenvalue weighted by Crippen LogP contribution is -1.81. The summed E-state index contributed by atoms with van der Waals surface area (Å²) < 4.78 is 5.42. The van der Waals surface area contributed by atoms with E-state index in [9.17, 15) is 0 Å². The summed E-state index contributed by atoms with van der Waals surface area (Å²) >= 11 is 7.44. The summed E-state index contributed by atoms with van der Waals surface area (Å²) in [6, 6.07) is 0. The average Bonchev–Trinajstić information content (AvgIpc) is 2.71. The lowest BCUT2D eigenvalue weighted by Gasteiger charge is -1.93. The Bertz CT molecular complexity index is 435. The fourth-order valence-corrected chi connectivity index (χ4v) is 1.99. The molecule has 2 aromatic heterocycles. The summed E-state index contributed by atoms with van der Waals surface area (Å²) in [5, 5.41) is 11.6. The van der Waals surface area contributed by atoms with E-state index in [0.717, 1.165) is 11.1 Å². The molecule has 0 fully saturated rings. The maximum atomic E-state index is 5.82. The Morgan fingerprint density at radius 1 is 1.43 bits per heavy atom. The summed E-state index contributed by atoms with van der Waals surface area (Å²) in [7, 11) is 0. The van der Waals surface area contributed by atoms with Gasteiger partial charge in [-0.2, -0.15) is 11.3 Å².